The fraction of sp³-hybridized carbons (Fsp3) is 0.375. The lowest BCUT2D eigenvalue weighted by atomic mass is 9.94. The van der Waals surface area contributed by atoms with Crippen molar-refractivity contribution in [2.75, 3.05) is 49.8 Å². The topological polar surface area (TPSA) is 105 Å². The first-order chi connectivity index (χ1) is 17.1. The zero-order valence-corrected chi connectivity index (χ0v) is 20.3. The Hall–Kier alpha value is -3.50. The minimum atomic E-state index is -0.213. The Labute approximate surface area is 207 Å². The van der Waals surface area contributed by atoms with Gasteiger partial charge in [0.25, 0.3) is 0 Å². The summed E-state index contributed by atoms with van der Waals surface area (Å²) >= 11 is 6.34. The number of hydrogen-bond donors (Lipinski definition) is 1. The molecule has 0 radical (unpaired) electrons. The summed E-state index contributed by atoms with van der Waals surface area (Å²) in [5, 5.41) is 1.85. The molecule has 1 fully saturated rings. The van der Waals surface area contributed by atoms with Crippen molar-refractivity contribution < 1.29 is 9.47 Å². The lowest BCUT2D eigenvalue weighted by Gasteiger charge is -2.36. The number of aryl methyl sites for hydroxylation is 1. The van der Waals surface area contributed by atoms with Crippen molar-refractivity contribution in [3.63, 3.8) is 0 Å². The van der Waals surface area contributed by atoms with Gasteiger partial charge in [0.15, 0.2) is 0 Å². The van der Waals surface area contributed by atoms with Gasteiger partial charge in [0.2, 0.25) is 11.9 Å². The molecule has 1 aromatic carbocycles. The van der Waals surface area contributed by atoms with E-state index in [4.69, 9.17) is 31.0 Å². The van der Waals surface area contributed by atoms with Gasteiger partial charge in [0.05, 0.1) is 20.3 Å². The first-order valence-corrected chi connectivity index (χ1v) is 12.0. The van der Waals surface area contributed by atoms with Gasteiger partial charge in [0, 0.05) is 59.2 Å². The van der Waals surface area contributed by atoms with Gasteiger partial charge in [-0.2, -0.15) is 15.0 Å². The average Bonchev–Trinajstić information content (AvgIpc) is 3.26. The van der Waals surface area contributed by atoms with Crippen LogP contribution in [0.5, 0.6) is 6.01 Å². The molecule has 35 heavy (non-hydrogen) atoms. The highest BCUT2D eigenvalue weighted by atomic mass is 35.5. The molecule has 1 saturated heterocycles. The Balaban J connectivity index is 1.46. The summed E-state index contributed by atoms with van der Waals surface area (Å²) in [6.07, 6.45) is 4.61. The van der Waals surface area contributed by atoms with Crippen LogP contribution in [0.4, 0.5) is 11.9 Å². The number of ether oxygens (including phenoxy) is 2. The van der Waals surface area contributed by atoms with E-state index in [1.807, 2.05) is 37.5 Å². The molecule has 1 atom stereocenters. The van der Waals surface area contributed by atoms with Gasteiger partial charge in [0.1, 0.15) is 11.9 Å². The van der Waals surface area contributed by atoms with Crippen LogP contribution in [0.1, 0.15) is 28.7 Å². The molecule has 10 nitrogen and oxygen atoms in total. The van der Waals surface area contributed by atoms with Crippen LogP contribution in [0.3, 0.4) is 0 Å². The second kappa shape index (κ2) is 8.94. The second-order valence-electron chi connectivity index (χ2n) is 8.64. The average molecular weight is 493 g/mol. The van der Waals surface area contributed by atoms with Crippen molar-refractivity contribution in [2.24, 2.45) is 0 Å². The quantitative estimate of drug-likeness (QED) is 0.460. The van der Waals surface area contributed by atoms with Crippen molar-refractivity contribution in [3.8, 4) is 6.01 Å². The first kappa shape index (κ1) is 22.0. The maximum Gasteiger partial charge on any atom is 0.321 e. The summed E-state index contributed by atoms with van der Waals surface area (Å²) < 4.78 is 10.8. The number of benzene rings is 1. The number of aromatic nitrogens is 6. The van der Waals surface area contributed by atoms with E-state index >= 15 is 0 Å². The molecular formula is C24H25ClN8O2. The Morgan fingerprint density at radius 2 is 1.86 bits per heavy atom. The summed E-state index contributed by atoms with van der Waals surface area (Å²) in [4.78, 5) is 30.8. The lowest BCUT2D eigenvalue weighted by Crippen LogP contribution is -2.38. The van der Waals surface area contributed by atoms with Crippen LogP contribution in [0.25, 0.3) is 10.9 Å². The number of anilines is 2. The first-order valence-electron chi connectivity index (χ1n) is 11.6. The summed E-state index contributed by atoms with van der Waals surface area (Å²) in [6, 6.07) is 6.02. The molecule has 3 aromatic heterocycles. The maximum atomic E-state index is 6.34. The van der Waals surface area contributed by atoms with E-state index in [9.17, 15) is 0 Å². The molecule has 1 unspecified atom stereocenters. The molecular weight excluding hydrogens is 468 g/mol. The molecule has 0 bridgehead atoms. The van der Waals surface area contributed by atoms with Gasteiger partial charge in [-0.05, 0) is 37.1 Å². The number of rotatable bonds is 4. The van der Waals surface area contributed by atoms with Gasteiger partial charge >= 0.3 is 6.01 Å². The van der Waals surface area contributed by atoms with Crippen LogP contribution < -0.4 is 14.5 Å². The van der Waals surface area contributed by atoms with Crippen LogP contribution >= 0.6 is 11.6 Å². The molecule has 0 amide bonds. The number of nitrogens with one attached hydrogen (secondary N) is 1. The largest absolute Gasteiger partial charge is 0.467 e. The normalized spacial score (nSPS) is 18.1. The van der Waals surface area contributed by atoms with Gasteiger partial charge in [-0.3, -0.25) is 0 Å². The van der Waals surface area contributed by atoms with Gasteiger partial charge in [-0.25, -0.2) is 9.97 Å². The third-order valence-corrected chi connectivity index (χ3v) is 6.75. The third kappa shape index (κ3) is 4.02. The van der Waals surface area contributed by atoms with Gasteiger partial charge < -0.3 is 24.3 Å². The fourth-order valence-corrected chi connectivity index (χ4v) is 5.06. The predicted molar refractivity (Wildman–Crippen MR) is 132 cm³/mol. The minimum Gasteiger partial charge on any atom is -0.467 e. The Bertz CT molecular complexity index is 1370. The Morgan fingerprint density at radius 3 is 2.63 bits per heavy atom. The van der Waals surface area contributed by atoms with E-state index in [2.05, 4.69) is 29.7 Å². The highest BCUT2D eigenvalue weighted by molar-refractivity contribution is 6.31. The van der Waals surface area contributed by atoms with E-state index in [-0.39, 0.29) is 6.04 Å². The molecule has 0 aliphatic carbocycles. The van der Waals surface area contributed by atoms with E-state index in [1.165, 1.54) is 5.56 Å². The number of methoxy groups -OCH3 is 1. The van der Waals surface area contributed by atoms with E-state index in [0.29, 0.717) is 48.5 Å². The van der Waals surface area contributed by atoms with E-state index in [0.717, 1.165) is 41.7 Å². The van der Waals surface area contributed by atoms with E-state index in [1.54, 1.807) is 7.11 Å². The molecule has 1 N–H and O–H groups in total. The van der Waals surface area contributed by atoms with Crippen molar-refractivity contribution >= 4 is 34.4 Å². The van der Waals surface area contributed by atoms with Crippen molar-refractivity contribution in [2.45, 2.75) is 19.4 Å². The molecule has 180 valence electrons. The minimum absolute atomic E-state index is 0.213. The standard InChI is InChI=1S/C24H25ClN8O2/c1-14-28-23(31-24(29-14)34-2)33-6-5-17-18-11-16(25)3-4-19(18)30-20(17)21(33)15-12-26-22(27-13-15)32-7-9-35-10-8-32/h3-4,11-13,21,30H,5-10H2,1-2H3. The second-order valence-corrected chi connectivity index (χ2v) is 9.07. The highest BCUT2D eigenvalue weighted by Gasteiger charge is 2.34. The van der Waals surface area contributed by atoms with E-state index < -0.39 is 0 Å². The number of nitrogens with zero attached hydrogens (tertiary/aromatic N) is 7. The van der Waals surface area contributed by atoms with Crippen LogP contribution in [-0.2, 0) is 11.2 Å². The molecule has 2 aliphatic rings. The van der Waals surface area contributed by atoms with Crippen LogP contribution in [-0.4, -0.2) is 69.9 Å². The molecule has 11 heteroatoms. The monoisotopic (exact) mass is 492 g/mol. The number of H-pyrrole nitrogens is 1. The number of aromatic amines is 1. The smallest absolute Gasteiger partial charge is 0.321 e. The van der Waals surface area contributed by atoms with Crippen LogP contribution in [0, 0.1) is 6.92 Å². The zero-order valence-electron chi connectivity index (χ0n) is 19.5. The van der Waals surface area contributed by atoms with Crippen molar-refractivity contribution in [1.82, 2.24) is 29.9 Å². The Morgan fingerprint density at radius 1 is 1.06 bits per heavy atom. The third-order valence-electron chi connectivity index (χ3n) is 6.51. The lowest BCUT2D eigenvalue weighted by molar-refractivity contribution is 0.122. The summed E-state index contributed by atoms with van der Waals surface area (Å²) in [6.45, 7) is 5.47. The molecule has 0 spiro atoms. The molecule has 0 saturated carbocycles. The molecule has 2 aliphatic heterocycles. The molecule has 4 aromatic rings. The van der Waals surface area contributed by atoms with Crippen molar-refractivity contribution in [1.29, 1.82) is 0 Å². The Kier molecular flexibility index (Phi) is 5.62. The SMILES string of the molecule is COc1nc(C)nc(N2CCc3c([nH]c4ccc(Cl)cc34)C2c2cnc(N3CCOCC3)nc2)n1. The predicted octanol–water partition coefficient (Wildman–Crippen LogP) is 3.10. The summed E-state index contributed by atoms with van der Waals surface area (Å²) in [5.41, 5.74) is 4.28. The van der Waals surface area contributed by atoms with Crippen molar-refractivity contribution in [3.05, 3.63) is 58.3 Å². The number of hydrogen-bond acceptors (Lipinski definition) is 9. The van der Waals surface area contributed by atoms with Gasteiger partial charge in [-0.15, -0.1) is 0 Å². The summed E-state index contributed by atoms with van der Waals surface area (Å²) in [7, 11) is 1.56. The van der Waals surface area contributed by atoms with Crippen LogP contribution in [0.2, 0.25) is 5.02 Å². The highest BCUT2D eigenvalue weighted by Crippen LogP contribution is 2.40. The maximum absolute atomic E-state index is 6.34. The fourth-order valence-electron chi connectivity index (χ4n) is 4.89. The molecule has 5 heterocycles. The summed E-state index contributed by atoms with van der Waals surface area (Å²) in [5.74, 6) is 1.86. The number of halogens is 1. The number of fused-ring (bicyclic) bond motifs is 3. The van der Waals surface area contributed by atoms with Gasteiger partial charge in [-0.1, -0.05) is 11.6 Å². The number of morpholine rings is 1. The zero-order chi connectivity index (χ0) is 23.9. The van der Waals surface area contributed by atoms with Crippen LogP contribution in [0.15, 0.2) is 30.6 Å². The molecule has 6 rings (SSSR count).